The number of carbonyl (C=O) groups excluding carboxylic acids is 1. The van der Waals surface area contributed by atoms with Gasteiger partial charge in [-0.2, -0.15) is 0 Å². The number of hydrogen-bond acceptors (Lipinski definition) is 3. The van der Waals surface area contributed by atoms with Gasteiger partial charge in [0, 0.05) is 11.7 Å². The number of likely N-dealkylation sites (tertiary alicyclic amines) is 1. The van der Waals surface area contributed by atoms with Crippen LogP contribution in [0.25, 0.3) is 0 Å². The summed E-state index contributed by atoms with van der Waals surface area (Å²) in [6.07, 6.45) is 2.06. The van der Waals surface area contributed by atoms with Crippen molar-refractivity contribution in [3.63, 3.8) is 0 Å². The Labute approximate surface area is 125 Å². The zero-order chi connectivity index (χ0) is 15.4. The van der Waals surface area contributed by atoms with Crippen LogP contribution < -0.4 is 11.1 Å². The number of rotatable bonds is 4. The fraction of sp³-hybridized carbons (Fsp3) is 0.562. The normalized spacial score (nSPS) is 18.5. The SMILES string of the molecule is Cc1ccc(NC(=O)CN2CCC(C(C)N)CC2)cc1F. The molecule has 1 amide bonds. The molecule has 1 atom stereocenters. The van der Waals surface area contributed by atoms with Crippen molar-refractivity contribution in [3.8, 4) is 0 Å². The molecule has 1 unspecified atom stereocenters. The van der Waals surface area contributed by atoms with E-state index in [0.717, 1.165) is 25.9 Å². The van der Waals surface area contributed by atoms with Gasteiger partial charge in [-0.1, -0.05) is 6.07 Å². The number of aryl methyl sites for hydroxylation is 1. The van der Waals surface area contributed by atoms with E-state index in [9.17, 15) is 9.18 Å². The first kappa shape index (κ1) is 15.9. The summed E-state index contributed by atoms with van der Waals surface area (Å²) in [5, 5.41) is 2.75. The first-order chi connectivity index (χ1) is 9.95. The van der Waals surface area contributed by atoms with E-state index < -0.39 is 0 Å². The second kappa shape index (κ2) is 7.00. The van der Waals surface area contributed by atoms with Crippen LogP contribution in [-0.2, 0) is 4.79 Å². The number of anilines is 1. The van der Waals surface area contributed by atoms with E-state index in [1.165, 1.54) is 6.07 Å². The Kier molecular flexibility index (Phi) is 5.31. The minimum Gasteiger partial charge on any atom is -0.328 e. The maximum atomic E-state index is 13.4. The largest absolute Gasteiger partial charge is 0.328 e. The highest BCUT2D eigenvalue weighted by Gasteiger charge is 2.23. The van der Waals surface area contributed by atoms with E-state index in [-0.39, 0.29) is 17.8 Å². The molecule has 21 heavy (non-hydrogen) atoms. The highest BCUT2D eigenvalue weighted by Crippen LogP contribution is 2.19. The van der Waals surface area contributed by atoms with Gasteiger partial charge in [0.25, 0.3) is 0 Å². The fourth-order valence-electron chi connectivity index (χ4n) is 2.71. The molecule has 0 aliphatic carbocycles. The Morgan fingerprint density at radius 3 is 2.71 bits per heavy atom. The van der Waals surface area contributed by atoms with Crippen molar-refractivity contribution in [1.29, 1.82) is 0 Å². The third-order valence-electron chi connectivity index (χ3n) is 4.20. The predicted molar refractivity (Wildman–Crippen MR) is 82.6 cm³/mol. The van der Waals surface area contributed by atoms with E-state index in [4.69, 9.17) is 5.73 Å². The van der Waals surface area contributed by atoms with Gasteiger partial charge in [-0.15, -0.1) is 0 Å². The lowest BCUT2D eigenvalue weighted by molar-refractivity contribution is -0.117. The molecule has 0 saturated carbocycles. The Bertz CT molecular complexity index is 496. The van der Waals surface area contributed by atoms with Crippen molar-refractivity contribution < 1.29 is 9.18 Å². The van der Waals surface area contributed by atoms with Gasteiger partial charge in [0.2, 0.25) is 5.91 Å². The van der Waals surface area contributed by atoms with E-state index >= 15 is 0 Å². The minimum absolute atomic E-state index is 0.0995. The van der Waals surface area contributed by atoms with E-state index in [1.807, 2.05) is 6.92 Å². The lowest BCUT2D eigenvalue weighted by Crippen LogP contribution is -2.42. The molecule has 1 saturated heterocycles. The van der Waals surface area contributed by atoms with Crippen molar-refractivity contribution >= 4 is 11.6 Å². The van der Waals surface area contributed by atoms with Gasteiger partial charge in [0.1, 0.15) is 5.82 Å². The van der Waals surface area contributed by atoms with Gasteiger partial charge < -0.3 is 11.1 Å². The van der Waals surface area contributed by atoms with Gasteiger partial charge in [-0.05, 0) is 63.4 Å². The summed E-state index contributed by atoms with van der Waals surface area (Å²) in [6, 6.07) is 4.96. The number of nitrogens with zero attached hydrogens (tertiary/aromatic N) is 1. The molecule has 2 rings (SSSR count). The summed E-state index contributed by atoms with van der Waals surface area (Å²) < 4.78 is 13.4. The highest BCUT2D eigenvalue weighted by molar-refractivity contribution is 5.92. The maximum absolute atomic E-state index is 13.4. The molecular formula is C16H24FN3O. The molecule has 0 radical (unpaired) electrons. The van der Waals surface area contributed by atoms with Crippen LogP contribution in [-0.4, -0.2) is 36.5 Å². The number of amides is 1. The third-order valence-corrected chi connectivity index (χ3v) is 4.20. The number of carbonyl (C=O) groups is 1. The maximum Gasteiger partial charge on any atom is 0.238 e. The Balaban J connectivity index is 1.81. The molecule has 1 aromatic carbocycles. The van der Waals surface area contributed by atoms with Crippen LogP contribution in [0.5, 0.6) is 0 Å². The van der Waals surface area contributed by atoms with Gasteiger partial charge >= 0.3 is 0 Å². The predicted octanol–water partition coefficient (Wildman–Crippen LogP) is 2.13. The van der Waals surface area contributed by atoms with Gasteiger partial charge in [-0.3, -0.25) is 9.69 Å². The number of nitrogens with one attached hydrogen (secondary N) is 1. The average molecular weight is 293 g/mol. The van der Waals surface area contributed by atoms with E-state index in [0.29, 0.717) is 23.7 Å². The highest BCUT2D eigenvalue weighted by atomic mass is 19.1. The second-order valence-corrected chi connectivity index (χ2v) is 5.98. The lowest BCUT2D eigenvalue weighted by Gasteiger charge is -2.33. The van der Waals surface area contributed by atoms with Crippen LogP contribution in [0.2, 0.25) is 0 Å². The molecule has 1 aliphatic heterocycles. The fourth-order valence-corrected chi connectivity index (χ4v) is 2.71. The van der Waals surface area contributed by atoms with Crippen molar-refractivity contribution in [2.45, 2.75) is 32.7 Å². The number of nitrogens with two attached hydrogens (primary N) is 1. The molecule has 3 N–H and O–H groups in total. The quantitative estimate of drug-likeness (QED) is 0.894. The first-order valence-electron chi connectivity index (χ1n) is 7.49. The zero-order valence-electron chi connectivity index (χ0n) is 12.7. The average Bonchev–Trinajstić information content (AvgIpc) is 2.43. The first-order valence-corrected chi connectivity index (χ1v) is 7.49. The summed E-state index contributed by atoms with van der Waals surface area (Å²) in [4.78, 5) is 14.1. The smallest absolute Gasteiger partial charge is 0.238 e. The molecule has 1 fully saturated rings. The van der Waals surface area contributed by atoms with Crippen LogP contribution >= 0.6 is 0 Å². The standard InChI is InChI=1S/C16H24FN3O/c1-11-3-4-14(9-15(11)17)19-16(21)10-20-7-5-13(6-8-20)12(2)18/h3-4,9,12-13H,5-8,10,18H2,1-2H3,(H,19,21). The molecule has 5 heteroatoms. The van der Waals surface area contributed by atoms with Crippen molar-refractivity contribution in [1.82, 2.24) is 4.90 Å². The molecule has 0 aromatic heterocycles. The van der Waals surface area contributed by atoms with Crippen LogP contribution in [0.1, 0.15) is 25.3 Å². The number of piperidine rings is 1. The van der Waals surface area contributed by atoms with Crippen molar-refractivity contribution in [2.24, 2.45) is 11.7 Å². The van der Waals surface area contributed by atoms with E-state index in [1.54, 1.807) is 19.1 Å². The van der Waals surface area contributed by atoms with Gasteiger partial charge in [0.15, 0.2) is 0 Å². The Morgan fingerprint density at radius 1 is 1.48 bits per heavy atom. The topological polar surface area (TPSA) is 58.4 Å². The monoisotopic (exact) mass is 293 g/mol. The molecule has 1 aliphatic rings. The number of benzene rings is 1. The second-order valence-electron chi connectivity index (χ2n) is 5.98. The number of halogens is 1. The summed E-state index contributed by atoms with van der Waals surface area (Å²) >= 11 is 0. The van der Waals surface area contributed by atoms with E-state index in [2.05, 4.69) is 10.2 Å². The molecule has 1 heterocycles. The molecule has 0 bridgehead atoms. The van der Waals surface area contributed by atoms with Crippen LogP contribution in [0.4, 0.5) is 10.1 Å². The Morgan fingerprint density at radius 2 is 2.14 bits per heavy atom. The molecule has 116 valence electrons. The summed E-state index contributed by atoms with van der Waals surface area (Å²) in [5.74, 6) is 0.151. The Hall–Kier alpha value is -1.46. The van der Waals surface area contributed by atoms with Crippen LogP contribution in [0.15, 0.2) is 18.2 Å². The summed E-state index contributed by atoms with van der Waals surface area (Å²) in [7, 11) is 0. The third kappa shape index (κ3) is 4.51. The molecule has 1 aromatic rings. The lowest BCUT2D eigenvalue weighted by atomic mass is 9.91. The molecular weight excluding hydrogens is 269 g/mol. The number of hydrogen-bond donors (Lipinski definition) is 2. The summed E-state index contributed by atoms with van der Waals surface area (Å²) in [6.45, 7) is 5.87. The van der Waals surface area contributed by atoms with Crippen LogP contribution in [0, 0.1) is 18.7 Å². The van der Waals surface area contributed by atoms with Crippen LogP contribution in [0.3, 0.4) is 0 Å². The molecule has 4 nitrogen and oxygen atoms in total. The van der Waals surface area contributed by atoms with Gasteiger partial charge in [-0.25, -0.2) is 4.39 Å². The van der Waals surface area contributed by atoms with Crippen molar-refractivity contribution in [2.75, 3.05) is 25.0 Å². The zero-order valence-corrected chi connectivity index (χ0v) is 12.7. The summed E-state index contributed by atoms with van der Waals surface area (Å²) in [5.41, 5.74) is 6.99. The van der Waals surface area contributed by atoms with Gasteiger partial charge in [0.05, 0.1) is 6.54 Å². The van der Waals surface area contributed by atoms with Crippen molar-refractivity contribution in [3.05, 3.63) is 29.6 Å². The minimum atomic E-state index is -0.300. The molecule has 0 spiro atoms.